The van der Waals surface area contributed by atoms with Gasteiger partial charge >= 0.3 is 6.18 Å². The maximum Gasteiger partial charge on any atom is 0.417 e. The molecular weight excluding hydrogens is 267 g/mol. The Hall–Kier alpha value is -1.56. The van der Waals surface area contributed by atoms with Crippen LogP contribution in [0.2, 0.25) is 5.15 Å². The fraction of sp³-hybridized carbons (Fsp3) is 0.273. The molecule has 18 heavy (non-hydrogen) atoms. The minimum Gasteiger partial charge on any atom is -0.236 e. The average Bonchev–Trinajstić information content (AvgIpc) is 2.56. The quantitative estimate of drug-likeness (QED) is 0.797. The molecule has 2 aromatic heterocycles. The molecule has 0 bridgehead atoms. The lowest BCUT2D eigenvalue weighted by atomic mass is 10.3. The number of hydrogen-bond acceptors (Lipinski definition) is 2. The van der Waals surface area contributed by atoms with Gasteiger partial charge in [0.15, 0.2) is 5.82 Å². The van der Waals surface area contributed by atoms with Crippen molar-refractivity contribution in [2.24, 2.45) is 0 Å². The molecule has 0 saturated carbocycles. The van der Waals surface area contributed by atoms with Crippen molar-refractivity contribution in [1.29, 1.82) is 0 Å². The highest BCUT2D eigenvalue weighted by Crippen LogP contribution is 2.29. The summed E-state index contributed by atoms with van der Waals surface area (Å²) in [5.74, 6) is 0.254. The molecule has 0 spiro atoms. The van der Waals surface area contributed by atoms with Gasteiger partial charge in [0, 0.05) is 11.8 Å². The van der Waals surface area contributed by atoms with E-state index in [1.807, 2.05) is 0 Å². The summed E-state index contributed by atoms with van der Waals surface area (Å²) in [4.78, 5) is 3.73. The van der Waals surface area contributed by atoms with Crippen molar-refractivity contribution < 1.29 is 13.2 Å². The lowest BCUT2D eigenvalue weighted by molar-refractivity contribution is -0.137. The second-order valence-electron chi connectivity index (χ2n) is 3.82. The number of rotatable bonds is 1. The second kappa shape index (κ2) is 4.28. The SMILES string of the molecule is Cc1nn(-c2ccc(C(F)(F)F)cn2)c(Cl)c1C. The first-order valence-electron chi connectivity index (χ1n) is 5.06. The van der Waals surface area contributed by atoms with Crippen LogP contribution in [0.3, 0.4) is 0 Å². The van der Waals surface area contributed by atoms with E-state index >= 15 is 0 Å². The topological polar surface area (TPSA) is 30.7 Å². The standard InChI is InChI=1S/C11H9ClF3N3/c1-6-7(2)17-18(10(6)12)9-4-3-8(5-16-9)11(13,14)15/h3-5H,1-2H3. The predicted molar refractivity (Wildman–Crippen MR) is 60.8 cm³/mol. The first kappa shape index (κ1) is 12.9. The number of pyridine rings is 1. The molecular formula is C11H9ClF3N3. The third-order valence-corrected chi connectivity index (χ3v) is 3.02. The van der Waals surface area contributed by atoms with Crippen molar-refractivity contribution in [1.82, 2.24) is 14.8 Å². The van der Waals surface area contributed by atoms with Crippen LogP contribution in [0.25, 0.3) is 5.82 Å². The van der Waals surface area contributed by atoms with Crippen LogP contribution < -0.4 is 0 Å². The molecule has 2 aromatic rings. The molecule has 0 unspecified atom stereocenters. The first-order valence-corrected chi connectivity index (χ1v) is 5.44. The summed E-state index contributed by atoms with van der Waals surface area (Å²) in [5.41, 5.74) is 0.683. The Kier molecular flexibility index (Phi) is 3.06. The molecule has 0 amide bonds. The van der Waals surface area contributed by atoms with Crippen LogP contribution in [0.4, 0.5) is 13.2 Å². The molecule has 0 aromatic carbocycles. The highest BCUT2D eigenvalue weighted by molar-refractivity contribution is 6.30. The lowest BCUT2D eigenvalue weighted by Crippen LogP contribution is -2.07. The van der Waals surface area contributed by atoms with Crippen LogP contribution in [-0.2, 0) is 6.18 Å². The number of aryl methyl sites for hydroxylation is 1. The van der Waals surface area contributed by atoms with Crippen molar-refractivity contribution in [3.63, 3.8) is 0 Å². The Morgan fingerprint density at radius 1 is 1.22 bits per heavy atom. The summed E-state index contributed by atoms with van der Waals surface area (Å²) in [6.45, 7) is 3.55. The Morgan fingerprint density at radius 2 is 1.89 bits per heavy atom. The van der Waals surface area contributed by atoms with Gasteiger partial charge in [0.1, 0.15) is 5.15 Å². The van der Waals surface area contributed by atoms with Crippen LogP contribution in [0.1, 0.15) is 16.8 Å². The summed E-state index contributed by atoms with van der Waals surface area (Å²) >= 11 is 6.02. The van der Waals surface area contributed by atoms with E-state index < -0.39 is 11.7 Å². The predicted octanol–water partition coefficient (Wildman–Crippen LogP) is 3.56. The van der Waals surface area contributed by atoms with E-state index in [0.717, 1.165) is 17.8 Å². The fourth-order valence-corrected chi connectivity index (χ4v) is 1.67. The van der Waals surface area contributed by atoms with Crippen molar-refractivity contribution in [2.45, 2.75) is 20.0 Å². The second-order valence-corrected chi connectivity index (χ2v) is 4.17. The zero-order valence-corrected chi connectivity index (χ0v) is 10.3. The van der Waals surface area contributed by atoms with E-state index in [1.165, 1.54) is 10.7 Å². The molecule has 0 aliphatic heterocycles. The van der Waals surface area contributed by atoms with Gasteiger partial charge in [-0.15, -0.1) is 0 Å². The first-order chi connectivity index (χ1) is 8.30. The third-order valence-electron chi connectivity index (χ3n) is 2.58. The van der Waals surface area contributed by atoms with Gasteiger partial charge in [-0.25, -0.2) is 9.67 Å². The number of halogens is 4. The average molecular weight is 276 g/mol. The number of hydrogen-bond donors (Lipinski definition) is 0. The highest BCUT2D eigenvalue weighted by atomic mass is 35.5. The van der Waals surface area contributed by atoms with Gasteiger partial charge < -0.3 is 0 Å². The van der Waals surface area contributed by atoms with Crippen molar-refractivity contribution >= 4 is 11.6 Å². The fourth-order valence-electron chi connectivity index (χ4n) is 1.41. The van der Waals surface area contributed by atoms with Gasteiger partial charge in [0.05, 0.1) is 11.3 Å². The van der Waals surface area contributed by atoms with Crippen molar-refractivity contribution in [3.05, 3.63) is 40.3 Å². The number of alkyl halides is 3. The molecule has 0 saturated heterocycles. The van der Waals surface area contributed by atoms with Gasteiger partial charge in [-0.3, -0.25) is 0 Å². The molecule has 7 heteroatoms. The minimum atomic E-state index is -4.40. The smallest absolute Gasteiger partial charge is 0.236 e. The molecule has 0 aliphatic rings. The van der Waals surface area contributed by atoms with Gasteiger partial charge in [-0.2, -0.15) is 18.3 Å². The Labute approximate surface area is 106 Å². The minimum absolute atomic E-state index is 0.254. The Morgan fingerprint density at radius 3 is 2.28 bits per heavy atom. The molecule has 3 nitrogen and oxygen atoms in total. The van der Waals surface area contributed by atoms with Crippen LogP contribution in [0, 0.1) is 13.8 Å². The molecule has 0 aliphatic carbocycles. The van der Waals surface area contributed by atoms with Gasteiger partial charge in [-0.05, 0) is 26.0 Å². The molecule has 2 heterocycles. The molecule has 0 fully saturated rings. The van der Waals surface area contributed by atoms with E-state index in [4.69, 9.17) is 11.6 Å². The number of aromatic nitrogens is 3. The van der Waals surface area contributed by atoms with Gasteiger partial charge in [0.25, 0.3) is 0 Å². The number of nitrogens with zero attached hydrogens (tertiary/aromatic N) is 3. The molecule has 0 N–H and O–H groups in total. The van der Waals surface area contributed by atoms with E-state index in [1.54, 1.807) is 13.8 Å². The molecule has 0 radical (unpaired) electrons. The zero-order chi connectivity index (χ0) is 13.5. The van der Waals surface area contributed by atoms with Crippen molar-refractivity contribution in [3.8, 4) is 5.82 Å². The maximum atomic E-state index is 12.4. The van der Waals surface area contributed by atoms with Gasteiger partial charge in [-0.1, -0.05) is 11.6 Å². The van der Waals surface area contributed by atoms with Crippen LogP contribution in [0.5, 0.6) is 0 Å². The van der Waals surface area contributed by atoms with E-state index in [9.17, 15) is 13.2 Å². The van der Waals surface area contributed by atoms with Crippen molar-refractivity contribution in [2.75, 3.05) is 0 Å². The highest BCUT2D eigenvalue weighted by Gasteiger charge is 2.30. The summed E-state index contributed by atoms with van der Waals surface area (Å²) < 4.78 is 38.5. The largest absolute Gasteiger partial charge is 0.417 e. The molecule has 2 rings (SSSR count). The van der Waals surface area contributed by atoms with Gasteiger partial charge in [0.2, 0.25) is 0 Å². The van der Waals surface area contributed by atoms with Crippen LogP contribution >= 0.6 is 11.6 Å². The summed E-state index contributed by atoms with van der Waals surface area (Å²) in [6.07, 6.45) is -3.64. The van der Waals surface area contributed by atoms with Crippen LogP contribution in [0.15, 0.2) is 18.3 Å². The Balaban J connectivity index is 2.44. The third kappa shape index (κ3) is 2.20. The molecule has 96 valence electrons. The van der Waals surface area contributed by atoms with E-state index in [0.29, 0.717) is 10.8 Å². The summed E-state index contributed by atoms with van der Waals surface area (Å²) in [6, 6.07) is 2.19. The zero-order valence-electron chi connectivity index (χ0n) is 9.59. The van der Waals surface area contributed by atoms with Crippen LogP contribution in [-0.4, -0.2) is 14.8 Å². The van der Waals surface area contributed by atoms with E-state index in [-0.39, 0.29) is 5.82 Å². The lowest BCUT2D eigenvalue weighted by Gasteiger charge is -2.07. The normalized spacial score (nSPS) is 11.9. The maximum absolute atomic E-state index is 12.4. The summed E-state index contributed by atoms with van der Waals surface area (Å²) in [7, 11) is 0. The molecule has 0 atom stereocenters. The Bertz CT molecular complexity index is 572. The summed E-state index contributed by atoms with van der Waals surface area (Å²) in [5, 5.41) is 4.46. The monoisotopic (exact) mass is 275 g/mol. The van der Waals surface area contributed by atoms with E-state index in [2.05, 4.69) is 10.1 Å².